The van der Waals surface area contributed by atoms with E-state index in [1.165, 1.54) is 0 Å². The molecule has 1 N–H and O–H groups in total. The van der Waals surface area contributed by atoms with Crippen LogP contribution in [0.2, 0.25) is 10.0 Å². The minimum absolute atomic E-state index is 0.0814. The standard InChI is InChI=1S/C16H18Cl2N2O/c1-3-20-15(13-6-7-19-10-14(13)18)9-11-8-12(17)4-5-16(11)21-2/h4-8,10,15,20H,3,9H2,1-2H3. The summed E-state index contributed by atoms with van der Waals surface area (Å²) in [5.74, 6) is 0.826. The second-order valence-electron chi connectivity index (χ2n) is 4.67. The fraction of sp³-hybridized carbons (Fsp3) is 0.312. The summed E-state index contributed by atoms with van der Waals surface area (Å²) in [5.41, 5.74) is 2.07. The number of methoxy groups -OCH3 is 1. The largest absolute Gasteiger partial charge is 0.496 e. The quantitative estimate of drug-likeness (QED) is 0.860. The van der Waals surface area contributed by atoms with E-state index >= 15 is 0 Å². The second-order valence-corrected chi connectivity index (χ2v) is 5.51. The Kier molecular flexibility index (Phi) is 5.85. The van der Waals surface area contributed by atoms with Gasteiger partial charge in [-0.2, -0.15) is 0 Å². The number of pyridine rings is 1. The molecule has 0 amide bonds. The number of benzene rings is 1. The third-order valence-electron chi connectivity index (χ3n) is 3.30. The van der Waals surface area contributed by atoms with Crippen molar-refractivity contribution < 1.29 is 4.74 Å². The highest BCUT2D eigenvalue weighted by Gasteiger charge is 2.17. The van der Waals surface area contributed by atoms with Crippen molar-refractivity contribution in [2.75, 3.05) is 13.7 Å². The first-order valence-corrected chi connectivity index (χ1v) is 7.56. The Balaban J connectivity index is 2.33. The summed E-state index contributed by atoms with van der Waals surface area (Å²) in [7, 11) is 1.66. The summed E-state index contributed by atoms with van der Waals surface area (Å²) in [6, 6.07) is 7.66. The van der Waals surface area contributed by atoms with Crippen molar-refractivity contribution in [1.82, 2.24) is 10.3 Å². The van der Waals surface area contributed by atoms with E-state index in [9.17, 15) is 0 Å². The molecule has 0 aliphatic rings. The lowest BCUT2D eigenvalue weighted by atomic mass is 9.99. The van der Waals surface area contributed by atoms with Crippen molar-refractivity contribution in [3.05, 3.63) is 57.8 Å². The van der Waals surface area contributed by atoms with Gasteiger partial charge in [0.1, 0.15) is 5.75 Å². The first-order chi connectivity index (χ1) is 10.2. The van der Waals surface area contributed by atoms with Crippen LogP contribution in [0.15, 0.2) is 36.7 Å². The topological polar surface area (TPSA) is 34.1 Å². The molecular formula is C16H18Cl2N2O. The third-order valence-corrected chi connectivity index (χ3v) is 3.85. The van der Waals surface area contributed by atoms with E-state index in [1.807, 2.05) is 24.3 Å². The number of nitrogens with one attached hydrogen (secondary N) is 1. The van der Waals surface area contributed by atoms with E-state index in [-0.39, 0.29) is 6.04 Å². The average Bonchev–Trinajstić information content (AvgIpc) is 2.48. The van der Waals surface area contributed by atoms with Gasteiger partial charge in [0, 0.05) is 23.5 Å². The number of halogens is 2. The molecule has 1 heterocycles. The molecule has 1 atom stereocenters. The molecule has 1 unspecified atom stereocenters. The molecule has 2 rings (SSSR count). The van der Waals surface area contributed by atoms with Gasteiger partial charge in [0.05, 0.1) is 12.1 Å². The summed E-state index contributed by atoms with van der Waals surface area (Å²) >= 11 is 12.4. The molecule has 0 aliphatic carbocycles. The van der Waals surface area contributed by atoms with Crippen LogP contribution in [0.4, 0.5) is 0 Å². The monoisotopic (exact) mass is 324 g/mol. The molecule has 1 aromatic heterocycles. The lowest BCUT2D eigenvalue weighted by molar-refractivity contribution is 0.405. The van der Waals surface area contributed by atoms with Crippen molar-refractivity contribution in [1.29, 1.82) is 0 Å². The van der Waals surface area contributed by atoms with Crippen molar-refractivity contribution in [2.45, 2.75) is 19.4 Å². The highest BCUT2D eigenvalue weighted by atomic mass is 35.5. The predicted octanol–water partition coefficient (Wildman–Crippen LogP) is 4.29. The van der Waals surface area contributed by atoms with Crippen molar-refractivity contribution in [3.8, 4) is 5.75 Å². The summed E-state index contributed by atoms with van der Waals surface area (Å²) in [4.78, 5) is 4.04. The maximum atomic E-state index is 6.27. The van der Waals surface area contributed by atoms with Gasteiger partial charge in [0.2, 0.25) is 0 Å². The van der Waals surface area contributed by atoms with Gasteiger partial charge in [-0.15, -0.1) is 0 Å². The Bertz CT molecular complexity index is 605. The summed E-state index contributed by atoms with van der Waals surface area (Å²) < 4.78 is 5.41. The maximum Gasteiger partial charge on any atom is 0.122 e. The van der Waals surface area contributed by atoms with Crippen LogP contribution < -0.4 is 10.1 Å². The van der Waals surface area contributed by atoms with Gasteiger partial charge in [-0.1, -0.05) is 30.1 Å². The molecule has 112 valence electrons. The Hall–Kier alpha value is -1.29. The molecule has 2 aromatic rings. The van der Waals surface area contributed by atoms with E-state index in [0.29, 0.717) is 10.0 Å². The van der Waals surface area contributed by atoms with Crippen LogP contribution in [0.5, 0.6) is 5.75 Å². The van der Waals surface area contributed by atoms with Gasteiger partial charge in [-0.3, -0.25) is 4.98 Å². The van der Waals surface area contributed by atoms with Crippen molar-refractivity contribution in [3.63, 3.8) is 0 Å². The summed E-state index contributed by atoms with van der Waals surface area (Å²) in [6.07, 6.45) is 4.15. The predicted molar refractivity (Wildman–Crippen MR) is 87.4 cm³/mol. The van der Waals surface area contributed by atoms with Crippen LogP contribution in [0, 0.1) is 0 Å². The zero-order chi connectivity index (χ0) is 15.2. The van der Waals surface area contributed by atoms with Crippen molar-refractivity contribution in [2.24, 2.45) is 0 Å². The van der Waals surface area contributed by atoms with Crippen molar-refractivity contribution >= 4 is 23.2 Å². The zero-order valence-corrected chi connectivity index (χ0v) is 13.6. The number of likely N-dealkylation sites (N-methyl/N-ethyl adjacent to an activating group) is 1. The molecule has 0 saturated heterocycles. The van der Waals surface area contributed by atoms with Crippen LogP contribution in [0.3, 0.4) is 0 Å². The molecule has 0 spiro atoms. The highest BCUT2D eigenvalue weighted by Crippen LogP contribution is 2.30. The van der Waals surface area contributed by atoms with E-state index in [1.54, 1.807) is 19.5 Å². The number of rotatable bonds is 6. The number of ether oxygens (including phenoxy) is 1. The van der Waals surface area contributed by atoms with Gasteiger partial charge < -0.3 is 10.1 Å². The van der Waals surface area contributed by atoms with E-state index < -0.39 is 0 Å². The lowest BCUT2D eigenvalue weighted by Crippen LogP contribution is -2.23. The highest BCUT2D eigenvalue weighted by molar-refractivity contribution is 6.31. The Morgan fingerprint density at radius 3 is 2.76 bits per heavy atom. The number of hydrogen-bond acceptors (Lipinski definition) is 3. The van der Waals surface area contributed by atoms with E-state index in [0.717, 1.165) is 29.8 Å². The smallest absolute Gasteiger partial charge is 0.122 e. The molecule has 0 fully saturated rings. The minimum atomic E-state index is 0.0814. The number of aromatic nitrogens is 1. The normalized spacial score (nSPS) is 12.2. The fourth-order valence-corrected chi connectivity index (χ4v) is 2.78. The molecule has 3 nitrogen and oxygen atoms in total. The second kappa shape index (κ2) is 7.64. The summed E-state index contributed by atoms with van der Waals surface area (Å²) in [5, 5.41) is 4.80. The fourth-order valence-electron chi connectivity index (χ4n) is 2.33. The van der Waals surface area contributed by atoms with E-state index in [2.05, 4.69) is 17.2 Å². The number of nitrogens with zero attached hydrogens (tertiary/aromatic N) is 1. The molecule has 21 heavy (non-hydrogen) atoms. The molecule has 0 radical (unpaired) electrons. The van der Waals surface area contributed by atoms with Gasteiger partial charge in [-0.25, -0.2) is 0 Å². The van der Waals surface area contributed by atoms with Crippen LogP contribution in [-0.2, 0) is 6.42 Å². The molecule has 0 saturated carbocycles. The third kappa shape index (κ3) is 4.10. The Morgan fingerprint density at radius 1 is 1.29 bits per heavy atom. The SMILES string of the molecule is CCNC(Cc1cc(Cl)ccc1OC)c1ccncc1Cl. The van der Waals surface area contributed by atoms with Crippen LogP contribution in [-0.4, -0.2) is 18.6 Å². The minimum Gasteiger partial charge on any atom is -0.496 e. The van der Waals surface area contributed by atoms with Gasteiger partial charge >= 0.3 is 0 Å². The molecule has 0 bridgehead atoms. The molecule has 1 aromatic carbocycles. The average molecular weight is 325 g/mol. The maximum absolute atomic E-state index is 6.27. The first kappa shape index (κ1) is 16.1. The first-order valence-electron chi connectivity index (χ1n) is 6.81. The van der Waals surface area contributed by atoms with Gasteiger partial charge in [0.25, 0.3) is 0 Å². The lowest BCUT2D eigenvalue weighted by Gasteiger charge is -2.21. The Morgan fingerprint density at radius 2 is 2.10 bits per heavy atom. The molecule has 0 aliphatic heterocycles. The van der Waals surface area contributed by atoms with Crippen LogP contribution >= 0.6 is 23.2 Å². The summed E-state index contributed by atoms with van der Waals surface area (Å²) in [6.45, 7) is 2.91. The molecule has 5 heteroatoms. The molecular weight excluding hydrogens is 307 g/mol. The van der Waals surface area contributed by atoms with Gasteiger partial charge in [-0.05, 0) is 48.4 Å². The zero-order valence-electron chi connectivity index (χ0n) is 12.1. The Labute approximate surface area is 135 Å². The van der Waals surface area contributed by atoms with Crippen LogP contribution in [0.25, 0.3) is 0 Å². The van der Waals surface area contributed by atoms with Crippen LogP contribution in [0.1, 0.15) is 24.1 Å². The number of hydrogen-bond donors (Lipinski definition) is 1. The van der Waals surface area contributed by atoms with Gasteiger partial charge in [0.15, 0.2) is 0 Å². The van der Waals surface area contributed by atoms with E-state index in [4.69, 9.17) is 27.9 Å².